The maximum atomic E-state index is 11.7. The number of hydrogen-bond donors (Lipinski definition) is 2. The maximum Gasteiger partial charge on any atom is 0.258 e. The molecule has 0 fully saturated rings. The maximum absolute atomic E-state index is 11.7. The fourth-order valence-electron chi connectivity index (χ4n) is 1.49. The molecule has 5 nitrogen and oxygen atoms in total. The average Bonchev–Trinajstić information content (AvgIpc) is 2.36. The van der Waals surface area contributed by atoms with Crippen LogP contribution in [0.1, 0.15) is 27.7 Å². The zero-order chi connectivity index (χ0) is 15.1. The Kier molecular flexibility index (Phi) is 6.03. The summed E-state index contributed by atoms with van der Waals surface area (Å²) in [4.78, 5) is 22.8. The molecule has 0 aliphatic rings. The molecule has 0 saturated heterocycles. The van der Waals surface area contributed by atoms with Gasteiger partial charge in [-0.3, -0.25) is 9.59 Å². The third-order valence-corrected chi connectivity index (χ3v) is 2.95. The Morgan fingerprint density at radius 2 is 1.85 bits per heavy atom. The van der Waals surface area contributed by atoms with E-state index in [1.54, 1.807) is 24.3 Å². The van der Waals surface area contributed by atoms with Gasteiger partial charge in [-0.15, -0.1) is 0 Å². The Morgan fingerprint density at radius 1 is 1.20 bits per heavy atom. The van der Waals surface area contributed by atoms with Gasteiger partial charge in [0.05, 0.1) is 5.69 Å². The molecule has 1 rings (SSSR count). The lowest BCUT2D eigenvalue weighted by atomic mass is 10.1. The normalized spacial score (nSPS) is 11.8. The molecule has 2 amide bonds. The molecular formula is C15H22N2O3. The van der Waals surface area contributed by atoms with Crippen LogP contribution in [0, 0.1) is 5.92 Å². The van der Waals surface area contributed by atoms with Gasteiger partial charge in [0.15, 0.2) is 6.61 Å². The Morgan fingerprint density at radius 3 is 2.45 bits per heavy atom. The summed E-state index contributed by atoms with van der Waals surface area (Å²) in [5.74, 6) is 0.489. The number of rotatable bonds is 6. The molecule has 0 aliphatic carbocycles. The van der Waals surface area contributed by atoms with Gasteiger partial charge in [0, 0.05) is 13.0 Å². The molecule has 5 heteroatoms. The van der Waals surface area contributed by atoms with Crippen molar-refractivity contribution in [2.75, 3.05) is 11.9 Å². The minimum absolute atomic E-state index is 0.0757. The van der Waals surface area contributed by atoms with Crippen molar-refractivity contribution in [1.29, 1.82) is 0 Å². The van der Waals surface area contributed by atoms with Crippen LogP contribution in [0.25, 0.3) is 0 Å². The van der Waals surface area contributed by atoms with Crippen molar-refractivity contribution < 1.29 is 14.3 Å². The zero-order valence-electron chi connectivity index (χ0n) is 12.4. The van der Waals surface area contributed by atoms with E-state index in [9.17, 15) is 9.59 Å². The Bertz CT molecular complexity index is 472. The number of amides is 2. The van der Waals surface area contributed by atoms with Crippen LogP contribution in [0.2, 0.25) is 0 Å². The SMILES string of the molecule is CC(=O)Nc1ccccc1OCC(=O)N[C@H](C)C(C)C. The van der Waals surface area contributed by atoms with Crippen molar-refractivity contribution in [3.8, 4) is 5.75 Å². The summed E-state index contributed by atoms with van der Waals surface area (Å²) in [7, 11) is 0. The number of nitrogens with one attached hydrogen (secondary N) is 2. The molecule has 1 aromatic rings. The van der Waals surface area contributed by atoms with E-state index in [0.717, 1.165) is 0 Å². The lowest BCUT2D eigenvalue weighted by Crippen LogP contribution is -2.39. The van der Waals surface area contributed by atoms with Gasteiger partial charge >= 0.3 is 0 Å². The first-order valence-corrected chi connectivity index (χ1v) is 6.69. The Labute approximate surface area is 119 Å². The number of ether oxygens (including phenoxy) is 1. The summed E-state index contributed by atoms with van der Waals surface area (Å²) in [6.45, 7) is 7.38. The van der Waals surface area contributed by atoms with Crippen LogP contribution in [-0.2, 0) is 9.59 Å². The fraction of sp³-hybridized carbons (Fsp3) is 0.467. The summed E-state index contributed by atoms with van der Waals surface area (Å²) in [5.41, 5.74) is 0.560. The molecule has 0 aliphatic heterocycles. The number of carbonyl (C=O) groups is 2. The van der Waals surface area contributed by atoms with Gasteiger partial charge in [-0.1, -0.05) is 26.0 Å². The Hall–Kier alpha value is -2.04. The summed E-state index contributed by atoms with van der Waals surface area (Å²) in [6.07, 6.45) is 0. The van der Waals surface area contributed by atoms with Crippen LogP contribution in [0.5, 0.6) is 5.75 Å². The summed E-state index contributed by atoms with van der Waals surface area (Å²) >= 11 is 0. The number of carbonyl (C=O) groups excluding carboxylic acids is 2. The van der Waals surface area contributed by atoms with E-state index in [-0.39, 0.29) is 24.5 Å². The molecule has 0 heterocycles. The van der Waals surface area contributed by atoms with Gasteiger partial charge in [0.1, 0.15) is 5.75 Å². The number of anilines is 1. The van der Waals surface area contributed by atoms with Gasteiger partial charge in [0.2, 0.25) is 5.91 Å². The second-order valence-corrected chi connectivity index (χ2v) is 5.07. The van der Waals surface area contributed by atoms with Gasteiger partial charge in [-0.2, -0.15) is 0 Å². The van der Waals surface area contributed by atoms with Gasteiger partial charge in [-0.05, 0) is 25.0 Å². The molecule has 0 spiro atoms. The summed E-state index contributed by atoms with van der Waals surface area (Å²) < 4.78 is 5.45. The van der Waals surface area contributed by atoms with Crippen LogP contribution < -0.4 is 15.4 Å². The van der Waals surface area contributed by atoms with Crippen molar-refractivity contribution >= 4 is 17.5 Å². The van der Waals surface area contributed by atoms with Crippen molar-refractivity contribution in [1.82, 2.24) is 5.32 Å². The molecule has 0 saturated carbocycles. The molecule has 0 aromatic heterocycles. The second-order valence-electron chi connectivity index (χ2n) is 5.07. The second kappa shape index (κ2) is 7.53. The molecule has 20 heavy (non-hydrogen) atoms. The first-order chi connectivity index (χ1) is 9.40. The van der Waals surface area contributed by atoms with Crippen LogP contribution in [0.4, 0.5) is 5.69 Å². The fourth-order valence-corrected chi connectivity index (χ4v) is 1.49. The van der Waals surface area contributed by atoms with Gasteiger partial charge in [0.25, 0.3) is 5.91 Å². The molecule has 0 bridgehead atoms. The van der Waals surface area contributed by atoms with E-state index in [1.807, 2.05) is 20.8 Å². The molecular weight excluding hydrogens is 256 g/mol. The van der Waals surface area contributed by atoms with Crippen LogP contribution in [0.3, 0.4) is 0 Å². The zero-order valence-corrected chi connectivity index (χ0v) is 12.4. The van der Waals surface area contributed by atoms with E-state index in [0.29, 0.717) is 17.4 Å². The van der Waals surface area contributed by atoms with Crippen molar-refractivity contribution in [2.24, 2.45) is 5.92 Å². The van der Waals surface area contributed by atoms with E-state index in [1.165, 1.54) is 6.92 Å². The quantitative estimate of drug-likeness (QED) is 0.838. The standard InChI is InChI=1S/C15H22N2O3/c1-10(2)11(3)16-15(19)9-20-14-8-6-5-7-13(14)17-12(4)18/h5-8,10-11H,9H2,1-4H3,(H,16,19)(H,17,18)/t11-/m1/s1. The molecule has 0 unspecified atom stereocenters. The third-order valence-electron chi connectivity index (χ3n) is 2.95. The average molecular weight is 278 g/mol. The first-order valence-electron chi connectivity index (χ1n) is 6.69. The highest BCUT2D eigenvalue weighted by molar-refractivity contribution is 5.90. The molecule has 110 valence electrons. The highest BCUT2D eigenvalue weighted by Gasteiger charge is 2.12. The lowest BCUT2D eigenvalue weighted by Gasteiger charge is -2.18. The third kappa shape index (κ3) is 5.30. The van der Waals surface area contributed by atoms with Crippen molar-refractivity contribution in [3.05, 3.63) is 24.3 Å². The van der Waals surface area contributed by atoms with E-state index in [2.05, 4.69) is 10.6 Å². The van der Waals surface area contributed by atoms with Crippen molar-refractivity contribution in [3.63, 3.8) is 0 Å². The monoisotopic (exact) mass is 278 g/mol. The molecule has 1 atom stereocenters. The lowest BCUT2D eigenvalue weighted by molar-refractivity contribution is -0.124. The minimum atomic E-state index is -0.182. The summed E-state index contributed by atoms with van der Waals surface area (Å²) in [5, 5.41) is 5.52. The highest BCUT2D eigenvalue weighted by atomic mass is 16.5. The smallest absolute Gasteiger partial charge is 0.258 e. The minimum Gasteiger partial charge on any atom is -0.482 e. The predicted molar refractivity (Wildman–Crippen MR) is 78.7 cm³/mol. The van der Waals surface area contributed by atoms with Crippen LogP contribution >= 0.6 is 0 Å². The van der Waals surface area contributed by atoms with Gasteiger partial charge < -0.3 is 15.4 Å². The highest BCUT2D eigenvalue weighted by Crippen LogP contribution is 2.23. The number of hydrogen-bond acceptors (Lipinski definition) is 3. The first kappa shape index (κ1) is 16.0. The molecule has 0 radical (unpaired) electrons. The Balaban J connectivity index is 2.57. The summed E-state index contributed by atoms with van der Waals surface area (Å²) in [6, 6.07) is 7.11. The molecule has 1 aromatic carbocycles. The van der Waals surface area contributed by atoms with Crippen LogP contribution in [0.15, 0.2) is 24.3 Å². The molecule has 2 N–H and O–H groups in total. The predicted octanol–water partition coefficient (Wildman–Crippen LogP) is 2.18. The number of benzene rings is 1. The van der Waals surface area contributed by atoms with Crippen LogP contribution in [-0.4, -0.2) is 24.5 Å². The van der Waals surface area contributed by atoms with Crippen molar-refractivity contribution in [2.45, 2.75) is 33.7 Å². The largest absolute Gasteiger partial charge is 0.482 e. The van der Waals surface area contributed by atoms with Gasteiger partial charge in [-0.25, -0.2) is 0 Å². The van der Waals surface area contributed by atoms with E-state index >= 15 is 0 Å². The van der Waals surface area contributed by atoms with E-state index in [4.69, 9.17) is 4.74 Å². The van der Waals surface area contributed by atoms with E-state index < -0.39 is 0 Å². The topological polar surface area (TPSA) is 67.4 Å². The number of para-hydroxylation sites is 2.